The van der Waals surface area contributed by atoms with Gasteiger partial charge >= 0.3 is 0 Å². The highest BCUT2D eigenvalue weighted by Crippen LogP contribution is 2.37. The molecule has 1 aromatic carbocycles. The Morgan fingerprint density at radius 3 is 2.65 bits per heavy atom. The second-order valence-electron chi connectivity index (χ2n) is 8.70. The van der Waals surface area contributed by atoms with E-state index in [1.54, 1.807) is 30.2 Å². The van der Waals surface area contributed by atoms with Crippen molar-refractivity contribution in [1.82, 2.24) is 35.2 Å². The maximum Gasteiger partial charge on any atom is 0.273 e. The molecule has 1 aliphatic rings. The van der Waals surface area contributed by atoms with Crippen molar-refractivity contribution in [2.75, 3.05) is 44.4 Å². The molecule has 0 unspecified atom stereocenters. The minimum absolute atomic E-state index is 0.0517. The lowest BCUT2D eigenvalue weighted by Crippen LogP contribution is -2.37. The minimum atomic E-state index is -0.443. The van der Waals surface area contributed by atoms with Crippen LogP contribution in [0.25, 0.3) is 11.4 Å². The van der Waals surface area contributed by atoms with Crippen LogP contribution in [0.15, 0.2) is 30.6 Å². The number of methoxy groups -OCH3 is 1. The van der Waals surface area contributed by atoms with Crippen LogP contribution in [0, 0.1) is 0 Å². The van der Waals surface area contributed by atoms with Gasteiger partial charge in [-0.3, -0.25) is 14.3 Å². The van der Waals surface area contributed by atoms with Gasteiger partial charge in [-0.05, 0) is 25.0 Å². The van der Waals surface area contributed by atoms with E-state index in [9.17, 15) is 14.7 Å². The number of aliphatic hydroxyl groups is 1. The third-order valence-corrected chi connectivity index (χ3v) is 6.04. The molecule has 13 nitrogen and oxygen atoms in total. The number of para-hydroxylation sites is 1. The van der Waals surface area contributed by atoms with Crippen LogP contribution in [-0.4, -0.2) is 86.7 Å². The number of aromatic nitrogens is 5. The Kier molecular flexibility index (Phi) is 8.25. The molecular formula is C24H31N9O4. The van der Waals surface area contributed by atoms with Crippen LogP contribution >= 0.6 is 0 Å². The van der Waals surface area contributed by atoms with E-state index in [1.807, 2.05) is 12.1 Å². The number of carbonyl (C=O) groups is 2. The van der Waals surface area contributed by atoms with Gasteiger partial charge in [-0.25, -0.2) is 4.98 Å². The van der Waals surface area contributed by atoms with Gasteiger partial charge in [0.25, 0.3) is 5.91 Å². The highest BCUT2D eigenvalue weighted by atomic mass is 16.5. The molecule has 2 aromatic heterocycles. The summed E-state index contributed by atoms with van der Waals surface area (Å²) >= 11 is 0. The average Bonchev–Trinajstić information content (AvgIpc) is 3.34. The van der Waals surface area contributed by atoms with E-state index in [0.717, 1.165) is 13.1 Å². The van der Waals surface area contributed by atoms with Crippen LogP contribution in [0.2, 0.25) is 0 Å². The maximum absolute atomic E-state index is 12.6. The van der Waals surface area contributed by atoms with Crippen molar-refractivity contribution in [2.45, 2.75) is 25.4 Å². The first kappa shape index (κ1) is 26.0. The molecule has 1 aliphatic heterocycles. The highest BCUT2D eigenvalue weighted by Gasteiger charge is 2.20. The third-order valence-electron chi connectivity index (χ3n) is 6.04. The Morgan fingerprint density at radius 1 is 1.19 bits per heavy atom. The molecule has 1 fully saturated rings. The summed E-state index contributed by atoms with van der Waals surface area (Å²) in [5.41, 5.74) is 1.60. The molecule has 13 heteroatoms. The number of piperidine rings is 1. The third kappa shape index (κ3) is 6.37. The number of carbonyl (C=O) groups excluding carboxylic acids is 2. The Bertz CT molecular complexity index is 1250. The van der Waals surface area contributed by atoms with Crippen molar-refractivity contribution >= 4 is 29.0 Å². The number of hydrogen-bond donors (Lipinski definition) is 4. The molecule has 0 bridgehead atoms. The van der Waals surface area contributed by atoms with Gasteiger partial charge in [0.2, 0.25) is 5.91 Å². The molecule has 3 heterocycles. The maximum atomic E-state index is 12.6. The number of likely N-dealkylation sites (tertiary alicyclic amines) is 1. The summed E-state index contributed by atoms with van der Waals surface area (Å²) in [4.78, 5) is 31.5. The molecule has 2 amide bonds. The summed E-state index contributed by atoms with van der Waals surface area (Å²) in [6.45, 7) is 2.11. The second kappa shape index (κ2) is 11.8. The summed E-state index contributed by atoms with van der Waals surface area (Å²) < 4.78 is 7.24. The summed E-state index contributed by atoms with van der Waals surface area (Å²) in [5, 5.41) is 30.6. The van der Waals surface area contributed by atoms with Crippen LogP contribution in [0.5, 0.6) is 5.75 Å². The number of aliphatic hydroxyl groups excluding tert-OH is 1. The van der Waals surface area contributed by atoms with Crippen molar-refractivity contribution in [3.05, 3.63) is 36.3 Å². The summed E-state index contributed by atoms with van der Waals surface area (Å²) in [7, 11) is 4.80. The Morgan fingerprint density at radius 2 is 1.97 bits per heavy atom. The van der Waals surface area contributed by atoms with Crippen LogP contribution in [-0.2, 0) is 11.8 Å². The number of benzene rings is 1. The van der Waals surface area contributed by atoms with Crippen LogP contribution in [0.3, 0.4) is 0 Å². The van der Waals surface area contributed by atoms with Gasteiger partial charge in [0.1, 0.15) is 6.33 Å². The summed E-state index contributed by atoms with van der Waals surface area (Å²) in [5.74, 6) is 0.501. The summed E-state index contributed by atoms with van der Waals surface area (Å²) in [6, 6.07) is 6.98. The van der Waals surface area contributed by atoms with Gasteiger partial charge in [-0.1, -0.05) is 6.07 Å². The molecule has 196 valence electrons. The van der Waals surface area contributed by atoms with Crippen LogP contribution in [0.1, 0.15) is 29.8 Å². The van der Waals surface area contributed by atoms with Crippen molar-refractivity contribution in [3.63, 3.8) is 0 Å². The molecule has 0 atom stereocenters. The van der Waals surface area contributed by atoms with Crippen molar-refractivity contribution in [1.29, 1.82) is 0 Å². The second-order valence-corrected chi connectivity index (χ2v) is 8.70. The predicted octanol–water partition coefficient (Wildman–Crippen LogP) is 1.17. The van der Waals surface area contributed by atoms with Crippen LogP contribution in [0.4, 0.5) is 17.2 Å². The SMILES string of the molecule is CNC(=O)c1nnc(NC(=O)CCN2CCC(O)CC2)cc1Nc1cccc(-c2ncn(C)n2)c1OC. The molecule has 37 heavy (non-hydrogen) atoms. The van der Waals surface area contributed by atoms with E-state index in [0.29, 0.717) is 47.9 Å². The van der Waals surface area contributed by atoms with Gasteiger partial charge in [0, 0.05) is 46.2 Å². The molecule has 1 saturated heterocycles. The van der Waals surface area contributed by atoms with E-state index in [4.69, 9.17) is 4.74 Å². The number of nitrogens with zero attached hydrogens (tertiary/aromatic N) is 6. The molecule has 3 aromatic rings. The molecule has 0 spiro atoms. The Hall–Kier alpha value is -4.10. The largest absolute Gasteiger partial charge is 0.494 e. The van der Waals surface area contributed by atoms with Gasteiger partial charge in [0.05, 0.1) is 30.2 Å². The first-order chi connectivity index (χ1) is 17.9. The van der Waals surface area contributed by atoms with Crippen molar-refractivity contribution in [3.8, 4) is 17.1 Å². The smallest absolute Gasteiger partial charge is 0.273 e. The Balaban J connectivity index is 1.54. The fourth-order valence-corrected chi connectivity index (χ4v) is 4.08. The number of hydrogen-bond acceptors (Lipinski definition) is 10. The lowest BCUT2D eigenvalue weighted by atomic mass is 10.1. The van der Waals surface area contributed by atoms with E-state index < -0.39 is 5.91 Å². The number of amides is 2. The van der Waals surface area contributed by atoms with Crippen molar-refractivity contribution < 1.29 is 19.4 Å². The zero-order valence-corrected chi connectivity index (χ0v) is 21.1. The predicted molar refractivity (Wildman–Crippen MR) is 137 cm³/mol. The lowest BCUT2D eigenvalue weighted by molar-refractivity contribution is -0.116. The van der Waals surface area contributed by atoms with Gasteiger partial charge in [-0.15, -0.1) is 10.2 Å². The first-order valence-electron chi connectivity index (χ1n) is 12.0. The molecule has 4 rings (SSSR count). The molecular weight excluding hydrogens is 478 g/mol. The van der Waals surface area contributed by atoms with E-state index >= 15 is 0 Å². The molecule has 0 aliphatic carbocycles. The zero-order chi connectivity index (χ0) is 26.4. The normalized spacial score (nSPS) is 14.3. The number of nitrogens with one attached hydrogen (secondary N) is 3. The number of ether oxygens (including phenoxy) is 1. The first-order valence-corrected chi connectivity index (χ1v) is 12.0. The minimum Gasteiger partial charge on any atom is -0.494 e. The van der Waals surface area contributed by atoms with Gasteiger partial charge in [0.15, 0.2) is 23.1 Å². The number of anilines is 3. The highest BCUT2D eigenvalue weighted by molar-refractivity contribution is 5.99. The van der Waals surface area contributed by atoms with E-state index in [1.165, 1.54) is 14.2 Å². The average molecular weight is 510 g/mol. The molecule has 4 N–H and O–H groups in total. The number of rotatable bonds is 9. The fourth-order valence-electron chi connectivity index (χ4n) is 4.08. The van der Waals surface area contributed by atoms with Gasteiger partial charge < -0.3 is 30.7 Å². The summed E-state index contributed by atoms with van der Waals surface area (Å²) in [6.07, 6.45) is 3.03. The van der Waals surface area contributed by atoms with E-state index in [2.05, 4.69) is 41.1 Å². The molecule has 0 radical (unpaired) electrons. The monoisotopic (exact) mass is 509 g/mol. The van der Waals surface area contributed by atoms with Crippen LogP contribution < -0.4 is 20.7 Å². The number of aryl methyl sites for hydroxylation is 1. The quantitative estimate of drug-likeness (QED) is 0.330. The van der Waals surface area contributed by atoms with Crippen molar-refractivity contribution in [2.24, 2.45) is 7.05 Å². The van der Waals surface area contributed by atoms with Gasteiger partial charge in [-0.2, -0.15) is 5.10 Å². The standard InChI is InChI=1S/C24H31N9O4/c1-25-24(36)21-18(27-17-6-4-5-16(22(17)37-3)23-26-14-32(2)31-23)13-19(29-30-21)28-20(35)9-12-33-10-7-15(34)8-11-33/h4-6,13-15,34H,7-12H2,1-3H3,(H,25,36)(H2,27,28,29,35). The molecule has 0 saturated carbocycles. The van der Waals surface area contributed by atoms with E-state index in [-0.39, 0.29) is 29.9 Å². The lowest BCUT2D eigenvalue weighted by Gasteiger charge is -2.29. The Labute approximate surface area is 214 Å². The fraction of sp³-hybridized carbons (Fsp3) is 0.417. The topological polar surface area (TPSA) is 159 Å². The zero-order valence-electron chi connectivity index (χ0n) is 21.1.